The van der Waals surface area contributed by atoms with Crippen LogP contribution in [0.5, 0.6) is 0 Å². The average Bonchev–Trinajstić information content (AvgIpc) is 2.80. The van der Waals surface area contributed by atoms with Crippen molar-refractivity contribution in [3.05, 3.63) is 39.9 Å². The molecule has 0 radical (unpaired) electrons. The molecule has 0 saturated carbocycles. The molecule has 8 nitrogen and oxygen atoms in total. The van der Waals surface area contributed by atoms with Gasteiger partial charge in [0, 0.05) is 5.02 Å². The van der Waals surface area contributed by atoms with E-state index in [2.05, 4.69) is 14.8 Å². The third-order valence-corrected chi connectivity index (χ3v) is 3.90. The number of primary amides is 1. The highest BCUT2D eigenvalue weighted by molar-refractivity contribution is 7.88. The molecule has 23 heavy (non-hydrogen) atoms. The fraction of sp³-hybridized carbons (Fsp3) is 0.250. The number of nitrogens with one attached hydrogen (secondary N) is 1. The first-order valence-corrected chi connectivity index (χ1v) is 8.93. The summed E-state index contributed by atoms with van der Waals surface area (Å²) in [7, 11) is -3.44. The molecule has 2 aromatic rings. The number of benzene rings is 1. The summed E-state index contributed by atoms with van der Waals surface area (Å²) >= 11 is 12.1. The lowest BCUT2D eigenvalue weighted by Crippen LogP contribution is -2.23. The fourth-order valence-corrected chi connectivity index (χ4v) is 2.53. The Bertz CT molecular complexity index is 850. The van der Waals surface area contributed by atoms with Crippen molar-refractivity contribution in [1.82, 2.24) is 19.5 Å². The van der Waals surface area contributed by atoms with E-state index >= 15 is 0 Å². The lowest BCUT2D eigenvalue weighted by molar-refractivity contribution is -0.117. The number of sulfonamides is 1. The van der Waals surface area contributed by atoms with Crippen LogP contribution in [0.1, 0.15) is 11.6 Å². The summed E-state index contributed by atoms with van der Waals surface area (Å²) in [5, 5.41) is 4.90. The number of hydrogen-bond acceptors (Lipinski definition) is 5. The molecule has 1 heterocycles. The molecule has 11 heteroatoms. The number of halogens is 2. The van der Waals surface area contributed by atoms with Crippen molar-refractivity contribution in [2.45, 2.75) is 13.0 Å². The molecule has 1 amide bonds. The van der Waals surface area contributed by atoms with Crippen LogP contribution in [0.25, 0.3) is 5.69 Å². The Hall–Kier alpha value is -1.68. The van der Waals surface area contributed by atoms with E-state index in [1.165, 1.54) is 4.68 Å². The Morgan fingerprint density at radius 3 is 2.70 bits per heavy atom. The first kappa shape index (κ1) is 17.7. The largest absolute Gasteiger partial charge is 0.369 e. The summed E-state index contributed by atoms with van der Waals surface area (Å²) in [6.45, 7) is -0.132. The molecule has 0 aliphatic carbocycles. The fourth-order valence-electron chi connectivity index (χ4n) is 1.77. The van der Waals surface area contributed by atoms with E-state index in [9.17, 15) is 13.2 Å². The van der Waals surface area contributed by atoms with Crippen LogP contribution in [0.2, 0.25) is 10.0 Å². The van der Waals surface area contributed by atoms with Gasteiger partial charge in [0.1, 0.15) is 5.82 Å². The highest BCUT2D eigenvalue weighted by atomic mass is 35.5. The smallest absolute Gasteiger partial charge is 0.225 e. The maximum atomic E-state index is 11.3. The Morgan fingerprint density at radius 1 is 1.39 bits per heavy atom. The standard InChI is InChI=1S/C12H13Cl2N5O3S/c1-23(21,22)16-6-12-17-11(5-10(15)20)18-19(12)9-4-7(13)2-3-8(9)14/h2-4,16H,5-6H2,1H3,(H2,15,20). The van der Waals surface area contributed by atoms with Crippen molar-refractivity contribution < 1.29 is 13.2 Å². The quantitative estimate of drug-likeness (QED) is 0.765. The number of aromatic nitrogens is 3. The van der Waals surface area contributed by atoms with Crippen molar-refractivity contribution in [3.8, 4) is 5.69 Å². The minimum absolute atomic E-state index is 0.132. The zero-order chi connectivity index (χ0) is 17.2. The Morgan fingerprint density at radius 2 is 2.09 bits per heavy atom. The van der Waals surface area contributed by atoms with E-state index in [1.54, 1.807) is 18.2 Å². The summed E-state index contributed by atoms with van der Waals surface area (Å²) in [5.74, 6) is -0.211. The number of hydrogen-bond donors (Lipinski definition) is 2. The van der Waals surface area contributed by atoms with Crippen LogP contribution in [0.15, 0.2) is 18.2 Å². The second-order valence-corrected chi connectivity index (χ2v) is 7.36. The molecule has 2 rings (SSSR count). The number of carbonyl (C=O) groups excluding carboxylic acids is 1. The van der Waals surface area contributed by atoms with Crippen molar-refractivity contribution in [3.63, 3.8) is 0 Å². The monoisotopic (exact) mass is 377 g/mol. The highest BCUT2D eigenvalue weighted by Gasteiger charge is 2.16. The maximum absolute atomic E-state index is 11.3. The van der Waals surface area contributed by atoms with Gasteiger partial charge in [0.2, 0.25) is 15.9 Å². The van der Waals surface area contributed by atoms with Crippen molar-refractivity contribution in [2.24, 2.45) is 5.73 Å². The molecule has 0 fully saturated rings. The molecule has 1 aromatic heterocycles. The third-order valence-electron chi connectivity index (χ3n) is 2.68. The van der Waals surface area contributed by atoms with Gasteiger partial charge in [0.05, 0.1) is 29.9 Å². The molecule has 0 bridgehead atoms. The molecule has 0 saturated heterocycles. The number of rotatable bonds is 6. The Kier molecular flexibility index (Phi) is 5.25. The van der Waals surface area contributed by atoms with E-state index in [-0.39, 0.29) is 24.6 Å². The molecule has 0 aliphatic heterocycles. The first-order chi connectivity index (χ1) is 10.7. The summed E-state index contributed by atoms with van der Waals surface area (Å²) in [4.78, 5) is 15.2. The average molecular weight is 378 g/mol. The normalized spacial score (nSPS) is 11.6. The third kappa shape index (κ3) is 4.90. The van der Waals surface area contributed by atoms with Crippen LogP contribution in [0, 0.1) is 0 Å². The summed E-state index contributed by atoms with van der Waals surface area (Å²) < 4.78 is 26.2. The topological polar surface area (TPSA) is 120 Å². The van der Waals surface area contributed by atoms with Gasteiger partial charge in [0.15, 0.2) is 5.82 Å². The van der Waals surface area contributed by atoms with Crippen LogP contribution in [-0.2, 0) is 27.8 Å². The number of nitrogens with two attached hydrogens (primary N) is 1. The van der Waals surface area contributed by atoms with Crippen LogP contribution in [0.3, 0.4) is 0 Å². The van der Waals surface area contributed by atoms with Gasteiger partial charge in [0.25, 0.3) is 0 Å². The SMILES string of the molecule is CS(=O)(=O)NCc1nc(CC(N)=O)nn1-c1cc(Cl)ccc1Cl. The van der Waals surface area contributed by atoms with Crippen LogP contribution in [0.4, 0.5) is 0 Å². The zero-order valence-corrected chi connectivity index (χ0v) is 14.3. The maximum Gasteiger partial charge on any atom is 0.225 e. The van der Waals surface area contributed by atoms with Crippen molar-refractivity contribution in [2.75, 3.05) is 6.26 Å². The minimum atomic E-state index is -3.44. The van der Waals surface area contributed by atoms with Crippen molar-refractivity contribution in [1.29, 1.82) is 0 Å². The van der Waals surface area contributed by atoms with E-state index < -0.39 is 15.9 Å². The van der Waals surface area contributed by atoms with Gasteiger partial charge in [-0.1, -0.05) is 23.2 Å². The Balaban J connectivity index is 2.48. The van der Waals surface area contributed by atoms with E-state index in [1.807, 2.05) is 0 Å². The summed E-state index contributed by atoms with van der Waals surface area (Å²) in [6, 6.07) is 4.72. The van der Waals surface area contributed by atoms with E-state index in [0.29, 0.717) is 15.7 Å². The Labute approximate surface area is 142 Å². The first-order valence-electron chi connectivity index (χ1n) is 6.29. The summed E-state index contributed by atoms with van der Waals surface area (Å²) in [6.07, 6.45) is 0.835. The van der Waals surface area contributed by atoms with Crippen LogP contribution in [-0.4, -0.2) is 35.3 Å². The number of amides is 1. The molecule has 0 aliphatic rings. The molecule has 0 unspecified atom stereocenters. The number of nitrogens with zero attached hydrogens (tertiary/aromatic N) is 3. The zero-order valence-electron chi connectivity index (χ0n) is 12.0. The predicted molar refractivity (Wildman–Crippen MR) is 86.0 cm³/mol. The molecular formula is C12H13Cl2N5O3S. The van der Waals surface area contributed by atoms with Crippen LogP contribution >= 0.6 is 23.2 Å². The second kappa shape index (κ2) is 6.83. The molecule has 1 aromatic carbocycles. The van der Waals surface area contributed by atoms with Gasteiger partial charge in [-0.05, 0) is 18.2 Å². The molecule has 0 spiro atoms. The van der Waals surface area contributed by atoms with Gasteiger partial charge in [-0.3, -0.25) is 4.79 Å². The van der Waals surface area contributed by atoms with E-state index in [0.717, 1.165) is 6.26 Å². The van der Waals surface area contributed by atoms with Gasteiger partial charge >= 0.3 is 0 Å². The second-order valence-electron chi connectivity index (χ2n) is 4.69. The van der Waals surface area contributed by atoms with Gasteiger partial charge in [-0.2, -0.15) is 5.10 Å². The van der Waals surface area contributed by atoms with Gasteiger partial charge < -0.3 is 5.73 Å². The van der Waals surface area contributed by atoms with E-state index in [4.69, 9.17) is 28.9 Å². The minimum Gasteiger partial charge on any atom is -0.369 e. The molecule has 3 N–H and O–H groups in total. The number of carbonyl (C=O) groups is 1. The lowest BCUT2D eigenvalue weighted by atomic mass is 10.3. The predicted octanol–water partition coefficient (Wildman–Crippen LogP) is 0.651. The lowest BCUT2D eigenvalue weighted by Gasteiger charge is -2.08. The van der Waals surface area contributed by atoms with Crippen LogP contribution < -0.4 is 10.5 Å². The highest BCUT2D eigenvalue weighted by Crippen LogP contribution is 2.25. The molecule has 0 atom stereocenters. The van der Waals surface area contributed by atoms with Gasteiger partial charge in [-0.25, -0.2) is 22.8 Å². The summed E-state index contributed by atoms with van der Waals surface area (Å²) in [5.41, 5.74) is 5.54. The molecular weight excluding hydrogens is 365 g/mol. The van der Waals surface area contributed by atoms with Crippen molar-refractivity contribution >= 4 is 39.1 Å². The van der Waals surface area contributed by atoms with Gasteiger partial charge in [-0.15, -0.1) is 0 Å². The molecule has 124 valence electrons.